The summed E-state index contributed by atoms with van der Waals surface area (Å²) in [5.41, 5.74) is -2.03. The Hall–Kier alpha value is -1.54. The molecule has 0 spiro atoms. The number of nitrogens with zero attached hydrogens (tertiary/aromatic N) is 2. The van der Waals surface area contributed by atoms with Gasteiger partial charge in [0.05, 0.1) is 5.75 Å². The van der Waals surface area contributed by atoms with Crippen molar-refractivity contribution in [3.63, 3.8) is 0 Å². The molecule has 0 radical (unpaired) electrons. The van der Waals surface area contributed by atoms with E-state index < -0.39 is 24.2 Å². The second-order valence-electron chi connectivity index (χ2n) is 6.65. The lowest BCUT2D eigenvalue weighted by Gasteiger charge is -2.32. The van der Waals surface area contributed by atoms with Crippen molar-refractivity contribution >= 4 is 23.4 Å². The Labute approximate surface area is 161 Å². The molecule has 27 heavy (non-hydrogen) atoms. The maximum Gasteiger partial charge on any atom is 0.438 e. The van der Waals surface area contributed by atoms with Gasteiger partial charge >= 0.3 is 6.18 Å². The Morgan fingerprint density at radius 2 is 1.96 bits per heavy atom. The van der Waals surface area contributed by atoms with Crippen LogP contribution in [0.2, 0.25) is 0 Å². The first kappa shape index (κ1) is 21.8. The predicted octanol–water partition coefficient (Wildman–Crippen LogP) is 4.73. The lowest BCUT2D eigenvalue weighted by Crippen LogP contribution is -2.57. The maximum absolute atomic E-state index is 13.4. The van der Waals surface area contributed by atoms with E-state index in [1.807, 2.05) is 37.3 Å². The van der Waals surface area contributed by atoms with Crippen molar-refractivity contribution < 1.29 is 23.1 Å². The molecule has 1 aliphatic rings. The molecule has 0 aromatic heterocycles. The highest BCUT2D eigenvalue weighted by molar-refractivity contribution is 7.99. The fraction of sp³-hybridized carbons (Fsp3) is 0.579. The fourth-order valence-electron chi connectivity index (χ4n) is 2.89. The minimum absolute atomic E-state index is 0.181. The number of unbranched alkanes of at least 4 members (excludes halogenated alkanes) is 3. The smallest absolute Gasteiger partial charge is 0.362 e. The molecule has 1 atom stereocenters. The van der Waals surface area contributed by atoms with E-state index in [4.69, 9.17) is 0 Å². The molecule has 150 valence electrons. The summed E-state index contributed by atoms with van der Waals surface area (Å²) in [6.45, 7) is 2.04. The van der Waals surface area contributed by atoms with Gasteiger partial charge in [-0.25, -0.2) is 0 Å². The van der Waals surface area contributed by atoms with E-state index >= 15 is 0 Å². The highest BCUT2D eigenvalue weighted by Gasteiger charge is 2.62. The van der Waals surface area contributed by atoms with Crippen LogP contribution >= 0.6 is 11.8 Å². The Morgan fingerprint density at radius 1 is 1.26 bits per heavy atom. The quantitative estimate of drug-likeness (QED) is 0.608. The van der Waals surface area contributed by atoms with Gasteiger partial charge in [-0.2, -0.15) is 23.3 Å². The minimum atomic E-state index is -4.96. The molecule has 1 aromatic carbocycles. The summed E-state index contributed by atoms with van der Waals surface area (Å²) in [5.74, 6) is -0.516. The van der Waals surface area contributed by atoms with Gasteiger partial charge in [-0.3, -0.25) is 4.79 Å². The summed E-state index contributed by atoms with van der Waals surface area (Å²) in [6, 6.07) is 9.34. The molecule has 4 nitrogen and oxygen atoms in total. The van der Waals surface area contributed by atoms with Crippen LogP contribution in [0.3, 0.4) is 0 Å². The Kier molecular flexibility index (Phi) is 7.73. The van der Waals surface area contributed by atoms with E-state index in [-0.39, 0.29) is 16.5 Å². The molecule has 1 aliphatic heterocycles. The van der Waals surface area contributed by atoms with Crippen LogP contribution in [0.1, 0.15) is 51.0 Å². The molecular formula is C19H25F3N2O2S. The summed E-state index contributed by atoms with van der Waals surface area (Å²) in [6.07, 6.45) is -1.66. The van der Waals surface area contributed by atoms with Gasteiger partial charge in [-0.15, -0.1) is 11.8 Å². The largest absolute Gasteiger partial charge is 0.438 e. The summed E-state index contributed by atoms with van der Waals surface area (Å²) >= 11 is 1.20. The third-order valence-corrected chi connectivity index (χ3v) is 5.38. The first-order valence-corrected chi connectivity index (χ1v) is 10.2. The zero-order valence-electron chi connectivity index (χ0n) is 15.3. The molecule has 0 unspecified atom stereocenters. The highest BCUT2D eigenvalue weighted by atomic mass is 32.2. The maximum atomic E-state index is 13.4. The summed E-state index contributed by atoms with van der Waals surface area (Å²) in [4.78, 5) is 12.4. The van der Waals surface area contributed by atoms with E-state index in [0.717, 1.165) is 24.8 Å². The molecule has 1 aromatic rings. The van der Waals surface area contributed by atoms with E-state index in [0.29, 0.717) is 18.6 Å². The van der Waals surface area contributed by atoms with E-state index in [9.17, 15) is 23.1 Å². The third-order valence-electron chi connectivity index (χ3n) is 4.39. The molecule has 0 saturated heterocycles. The van der Waals surface area contributed by atoms with Crippen LogP contribution in [-0.4, -0.2) is 39.4 Å². The lowest BCUT2D eigenvalue weighted by molar-refractivity contribution is -0.301. The lowest BCUT2D eigenvalue weighted by atomic mass is 10.0. The van der Waals surface area contributed by atoms with Gasteiger partial charge in [-0.1, -0.05) is 56.5 Å². The number of alkyl halides is 3. The van der Waals surface area contributed by atoms with Gasteiger partial charge in [0.25, 0.3) is 11.6 Å². The molecule has 0 saturated carbocycles. The van der Waals surface area contributed by atoms with Crippen molar-refractivity contribution in [1.29, 1.82) is 0 Å². The van der Waals surface area contributed by atoms with Crippen molar-refractivity contribution in [2.45, 2.75) is 63.1 Å². The van der Waals surface area contributed by atoms with Crippen LogP contribution in [-0.2, 0) is 10.5 Å². The molecule has 0 bridgehead atoms. The average Bonchev–Trinajstić information content (AvgIpc) is 2.97. The number of rotatable bonds is 9. The summed E-state index contributed by atoms with van der Waals surface area (Å²) in [5, 5.41) is 14.3. The number of carbonyl (C=O) groups excluding carboxylic acids is 1. The first-order valence-electron chi connectivity index (χ1n) is 9.08. The van der Waals surface area contributed by atoms with Gasteiger partial charge in [0, 0.05) is 17.9 Å². The standard InChI is InChI=1S/C19H25F3N2O2S/c1-2-3-4-8-11-16-12-18(26,19(20,21)22)24(23-16)17(25)14-27-13-15-9-6-5-7-10-15/h5-7,9-10,26H,2-4,8,11-14H2,1H3/t18-/m0/s1. The van der Waals surface area contributed by atoms with Crippen molar-refractivity contribution in [3.05, 3.63) is 35.9 Å². The number of aliphatic hydroxyl groups is 1. The molecule has 8 heteroatoms. The number of halogens is 3. The number of hydrogen-bond acceptors (Lipinski definition) is 4. The number of carbonyl (C=O) groups is 1. The van der Waals surface area contributed by atoms with Gasteiger partial charge in [-0.05, 0) is 18.4 Å². The molecule has 1 amide bonds. The second-order valence-corrected chi connectivity index (χ2v) is 7.64. The van der Waals surface area contributed by atoms with Crippen LogP contribution in [0, 0.1) is 0 Å². The zero-order valence-corrected chi connectivity index (χ0v) is 16.2. The molecule has 0 fully saturated rings. The molecular weight excluding hydrogens is 377 g/mol. The number of amides is 1. The molecule has 1 heterocycles. The molecule has 2 rings (SSSR count). The normalized spacial score (nSPS) is 20.0. The molecule has 1 N–H and O–H groups in total. The average molecular weight is 402 g/mol. The van der Waals surface area contributed by atoms with Crippen molar-refractivity contribution in [2.24, 2.45) is 5.10 Å². The van der Waals surface area contributed by atoms with Crippen molar-refractivity contribution in [2.75, 3.05) is 5.75 Å². The summed E-state index contributed by atoms with van der Waals surface area (Å²) < 4.78 is 40.3. The van der Waals surface area contributed by atoms with E-state index in [1.165, 1.54) is 11.8 Å². The van der Waals surface area contributed by atoms with Gasteiger partial charge in [0.15, 0.2) is 0 Å². The van der Waals surface area contributed by atoms with Crippen LogP contribution in [0.5, 0.6) is 0 Å². The van der Waals surface area contributed by atoms with Crippen LogP contribution < -0.4 is 0 Å². The summed E-state index contributed by atoms with van der Waals surface area (Å²) in [7, 11) is 0. The topological polar surface area (TPSA) is 52.9 Å². The Morgan fingerprint density at radius 3 is 2.59 bits per heavy atom. The van der Waals surface area contributed by atoms with E-state index in [1.54, 1.807) is 0 Å². The third kappa shape index (κ3) is 5.72. The molecule has 0 aliphatic carbocycles. The fourth-order valence-corrected chi connectivity index (χ4v) is 3.71. The van der Waals surface area contributed by atoms with Crippen LogP contribution in [0.15, 0.2) is 35.4 Å². The zero-order chi connectivity index (χ0) is 19.9. The number of hydrogen-bond donors (Lipinski definition) is 1. The monoisotopic (exact) mass is 402 g/mol. The van der Waals surface area contributed by atoms with Gasteiger partial charge < -0.3 is 5.11 Å². The number of thioether (sulfide) groups is 1. The predicted molar refractivity (Wildman–Crippen MR) is 101 cm³/mol. The highest BCUT2D eigenvalue weighted by Crippen LogP contribution is 2.41. The number of hydrazone groups is 1. The second kappa shape index (κ2) is 9.59. The first-order chi connectivity index (χ1) is 12.8. The Balaban J connectivity index is 1.99. The van der Waals surface area contributed by atoms with Crippen LogP contribution in [0.25, 0.3) is 0 Å². The van der Waals surface area contributed by atoms with Crippen molar-refractivity contribution in [3.8, 4) is 0 Å². The van der Waals surface area contributed by atoms with Gasteiger partial charge in [0.1, 0.15) is 0 Å². The van der Waals surface area contributed by atoms with Gasteiger partial charge in [0.2, 0.25) is 0 Å². The SMILES string of the molecule is CCCCCCC1=NN(C(=O)CSCc2ccccc2)[C@@](O)(C(F)(F)F)C1. The van der Waals surface area contributed by atoms with Crippen molar-refractivity contribution in [1.82, 2.24) is 5.01 Å². The van der Waals surface area contributed by atoms with Crippen LogP contribution in [0.4, 0.5) is 13.2 Å². The Bertz CT molecular complexity index is 652. The van der Waals surface area contributed by atoms with E-state index in [2.05, 4.69) is 5.10 Å². The minimum Gasteiger partial charge on any atom is -0.362 e. The number of benzene rings is 1.